The Bertz CT molecular complexity index is 856. The molecule has 1 saturated heterocycles. The summed E-state index contributed by atoms with van der Waals surface area (Å²) in [6.07, 6.45) is 0. The zero-order valence-electron chi connectivity index (χ0n) is 19.0. The van der Waals surface area contributed by atoms with Crippen LogP contribution in [0.2, 0.25) is 0 Å². The molecular weight excluding hydrogens is 376 g/mol. The van der Waals surface area contributed by atoms with Crippen LogP contribution in [-0.2, 0) is 4.79 Å². The van der Waals surface area contributed by atoms with Gasteiger partial charge in [-0.1, -0.05) is 13.8 Å². The first-order valence-electron chi connectivity index (χ1n) is 10.7. The van der Waals surface area contributed by atoms with Crippen LogP contribution in [0.5, 0.6) is 0 Å². The van der Waals surface area contributed by atoms with E-state index in [0.717, 1.165) is 54.9 Å². The van der Waals surface area contributed by atoms with E-state index in [2.05, 4.69) is 40.0 Å². The third kappa shape index (κ3) is 5.27. The Balaban J connectivity index is 1.57. The van der Waals surface area contributed by atoms with Gasteiger partial charge < -0.3 is 15.1 Å². The molecule has 1 aliphatic heterocycles. The van der Waals surface area contributed by atoms with Crippen molar-refractivity contribution in [3.8, 4) is 0 Å². The van der Waals surface area contributed by atoms with Gasteiger partial charge in [-0.2, -0.15) is 0 Å². The van der Waals surface area contributed by atoms with Gasteiger partial charge in [0, 0.05) is 69.3 Å². The number of rotatable bonds is 6. The number of nitrogens with one attached hydrogen (secondary N) is 1. The topological polar surface area (TPSA) is 64.6 Å². The lowest BCUT2D eigenvalue weighted by Crippen LogP contribution is -2.53. The second kappa shape index (κ2) is 9.43. The second-order valence-electron chi connectivity index (χ2n) is 8.51. The fourth-order valence-corrected chi connectivity index (χ4v) is 3.59. The van der Waals surface area contributed by atoms with E-state index in [1.54, 1.807) is 0 Å². The van der Waals surface area contributed by atoms with Crippen molar-refractivity contribution in [3.63, 3.8) is 0 Å². The lowest BCUT2D eigenvalue weighted by Gasteiger charge is -2.38. The molecule has 2 aromatic rings. The molecule has 0 bridgehead atoms. The molecule has 1 aliphatic rings. The van der Waals surface area contributed by atoms with Gasteiger partial charge >= 0.3 is 0 Å². The number of carbonyl (C=O) groups excluding carboxylic acids is 1. The average molecular weight is 411 g/mol. The van der Waals surface area contributed by atoms with Gasteiger partial charge in [-0.15, -0.1) is 0 Å². The monoisotopic (exact) mass is 410 g/mol. The number of piperazine rings is 1. The number of carbonyl (C=O) groups is 1. The van der Waals surface area contributed by atoms with Gasteiger partial charge in [-0.05, 0) is 38.1 Å². The largest absolute Gasteiger partial charge is 0.378 e. The number of anilines is 3. The van der Waals surface area contributed by atoms with E-state index < -0.39 is 0 Å². The van der Waals surface area contributed by atoms with Crippen LogP contribution in [0.1, 0.15) is 38.2 Å². The fraction of sp³-hybridized carbons (Fsp3) is 0.522. The second-order valence-corrected chi connectivity index (χ2v) is 8.51. The molecule has 0 aliphatic carbocycles. The third-order valence-electron chi connectivity index (χ3n) is 5.59. The molecular formula is C23H34N6O. The summed E-state index contributed by atoms with van der Waals surface area (Å²) in [6.45, 7) is 11.6. The first kappa shape index (κ1) is 22.0. The molecule has 0 saturated carbocycles. The smallest absolute Gasteiger partial charge is 0.241 e. The molecule has 1 N–H and O–H groups in total. The molecule has 7 nitrogen and oxygen atoms in total. The van der Waals surface area contributed by atoms with Crippen molar-refractivity contribution >= 4 is 23.1 Å². The zero-order chi connectivity index (χ0) is 21.8. The van der Waals surface area contributed by atoms with Crippen LogP contribution >= 0.6 is 0 Å². The number of amides is 1. The minimum absolute atomic E-state index is 0.0287. The molecule has 1 aromatic heterocycles. The van der Waals surface area contributed by atoms with E-state index in [4.69, 9.17) is 4.98 Å². The number of aryl methyl sites for hydroxylation is 1. The van der Waals surface area contributed by atoms with Gasteiger partial charge in [0.05, 0.1) is 6.04 Å². The van der Waals surface area contributed by atoms with E-state index in [9.17, 15) is 4.79 Å². The first-order valence-corrected chi connectivity index (χ1v) is 10.7. The van der Waals surface area contributed by atoms with E-state index in [1.807, 2.05) is 57.1 Å². The SMILES string of the molecule is Cc1cc(N2CCN([C@H](C)C(=O)Nc3ccc(N(C)C)cc3)CC2)nc(C(C)C)n1. The Morgan fingerprint density at radius 3 is 2.23 bits per heavy atom. The summed E-state index contributed by atoms with van der Waals surface area (Å²) in [6, 6.07) is 9.78. The van der Waals surface area contributed by atoms with Crippen molar-refractivity contribution < 1.29 is 4.79 Å². The summed E-state index contributed by atoms with van der Waals surface area (Å²) in [4.78, 5) is 28.6. The lowest BCUT2D eigenvalue weighted by atomic mass is 10.2. The lowest BCUT2D eigenvalue weighted by molar-refractivity contribution is -0.120. The Morgan fingerprint density at radius 1 is 1.03 bits per heavy atom. The van der Waals surface area contributed by atoms with Gasteiger partial charge in [0.1, 0.15) is 11.6 Å². The Hall–Kier alpha value is -2.67. The van der Waals surface area contributed by atoms with E-state index in [0.29, 0.717) is 5.92 Å². The molecule has 30 heavy (non-hydrogen) atoms. The van der Waals surface area contributed by atoms with Crippen LogP contribution in [0.25, 0.3) is 0 Å². The van der Waals surface area contributed by atoms with Gasteiger partial charge in [0.25, 0.3) is 0 Å². The quantitative estimate of drug-likeness (QED) is 0.789. The van der Waals surface area contributed by atoms with Gasteiger partial charge in [-0.3, -0.25) is 9.69 Å². The Kier molecular flexibility index (Phi) is 6.92. The van der Waals surface area contributed by atoms with Crippen LogP contribution in [0.15, 0.2) is 30.3 Å². The van der Waals surface area contributed by atoms with Gasteiger partial charge in [0.2, 0.25) is 5.91 Å². The van der Waals surface area contributed by atoms with Crippen molar-refractivity contribution in [3.05, 3.63) is 41.9 Å². The number of aromatic nitrogens is 2. The van der Waals surface area contributed by atoms with E-state index in [-0.39, 0.29) is 11.9 Å². The Labute approximate surface area is 180 Å². The minimum Gasteiger partial charge on any atom is -0.378 e. The summed E-state index contributed by atoms with van der Waals surface area (Å²) < 4.78 is 0. The molecule has 162 valence electrons. The van der Waals surface area contributed by atoms with E-state index >= 15 is 0 Å². The summed E-state index contributed by atoms with van der Waals surface area (Å²) in [7, 11) is 4.00. The predicted octanol–water partition coefficient (Wildman–Crippen LogP) is 3.12. The maximum atomic E-state index is 12.7. The summed E-state index contributed by atoms with van der Waals surface area (Å²) in [5, 5.41) is 3.04. The van der Waals surface area contributed by atoms with Crippen LogP contribution in [0, 0.1) is 6.92 Å². The number of nitrogens with zero attached hydrogens (tertiary/aromatic N) is 5. The van der Waals surface area contributed by atoms with Crippen molar-refractivity contribution in [2.45, 2.75) is 39.7 Å². The summed E-state index contributed by atoms with van der Waals surface area (Å²) in [5.74, 6) is 2.21. The predicted molar refractivity (Wildman–Crippen MR) is 124 cm³/mol. The zero-order valence-corrected chi connectivity index (χ0v) is 19.0. The molecule has 0 unspecified atom stereocenters. The first-order chi connectivity index (χ1) is 14.2. The van der Waals surface area contributed by atoms with Crippen molar-refractivity contribution in [2.75, 3.05) is 55.4 Å². The molecule has 1 fully saturated rings. The highest BCUT2D eigenvalue weighted by atomic mass is 16.2. The molecule has 2 heterocycles. The molecule has 7 heteroatoms. The number of hydrogen-bond acceptors (Lipinski definition) is 6. The third-order valence-corrected chi connectivity index (χ3v) is 5.59. The van der Waals surface area contributed by atoms with Crippen LogP contribution < -0.4 is 15.1 Å². The van der Waals surface area contributed by atoms with Crippen LogP contribution in [0.4, 0.5) is 17.2 Å². The molecule has 0 spiro atoms. The minimum atomic E-state index is -0.181. The maximum Gasteiger partial charge on any atom is 0.241 e. The normalized spacial score (nSPS) is 15.9. The molecule has 1 aromatic carbocycles. The van der Waals surface area contributed by atoms with Crippen LogP contribution in [-0.4, -0.2) is 67.1 Å². The molecule has 1 atom stereocenters. The van der Waals surface area contributed by atoms with Crippen molar-refractivity contribution in [1.82, 2.24) is 14.9 Å². The van der Waals surface area contributed by atoms with Gasteiger partial charge in [-0.25, -0.2) is 9.97 Å². The summed E-state index contributed by atoms with van der Waals surface area (Å²) in [5.41, 5.74) is 2.94. The summed E-state index contributed by atoms with van der Waals surface area (Å²) >= 11 is 0. The van der Waals surface area contributed by atoms with Crippen molar-refractivity contribution in [1.29, 1.82) is 0 Å². The fourth-order valence-electron chi connectivity index (χ4n) is 3.59. The van der Waals surface area contributed by atoms with Gasteiger partial charge in [0.15, 0.2) is 0 Å². The highest BCUT2D eigenvalue weighted by Crippen LogP contribution is 2.20. The van der Waals surface area contributed by atoms with E-state index in [1.165, 1.54) is 0 Å². The number of hydrogen-bond donors (Lipinski definition) is 1. The van der Waals surface area contributed by atoms with Crippen LogP contribution in [0.3, 0.4) is 0 Å². The molecule has 1 amide bonds. The Morgan fingerprint density at radius 2 is 1.67 bits per heavy atom. The van der Waals surface area contributed by atoms with Crippen molar-refractivity contribution in [2.24, 2.45) is 0 Å². The standard InChI is InChI=1S/C23H34N6O/c1-16(2)22-24-17(3)15-21(26-22)29-13-11-28(12-14-29)18(4)23(30)25-19-7-9-20(10-8-19)27(5)6/h7-10,15-16,18H,11-14H2,1-6H3,(H,25,30)/t18-/m1/s1. The molecule has 0 radical (unpaired) electrons. The maximum absolute atomic E-state index is 12.7. The average Bonchev–Trinajstić information content (AvgIpc) is 2.73. The highest BCUT2D eigenvalue weighted by Gasteiger charge is 2.26. The number of benzene rings is 1. The highest BCUT2D eigenvalue weighted by molar-refractivity contribution is 5.94. The molecule has 3 rings (SSSR count).